The fourth-order valence-electron chi connectivity index (χ4n) is 0. The molecule has 0 spiro atoms. The smallest absolute Gasteiger partial charge is 0.0653 e. The molecule has 0 amide bonds. The lowest BCUT2D eigenvalue weighted by Gasteiger charge is -1.60. The van der Waals surface area contributed by atoms with E-state index in [1.807, 2.05) is 0 Å². The van der Waals surface area contributed by atoms with E-state index in [1.54, 1.807) is 0 Å². The van der Waals surface area contributed by atoms with Crippen LogP contribution in [-0.4, -0.2) is 0 Å². The molecule has 0 saturated carbocycles. The SMILES string of the molecule is FNN=S. The molecular weight excluding hydrogens is 79.1 g/mol. The first-order chi connectivity index (χ1) is 1.91. The van der Waals surface area contributed by atoms with Crippen LogP contribution in [0.5, 0.6) is 0 Å². The molecule has 1 N–H and O–H groups in total. The highest BCUT2D eigenvalue weighted by Crippen LogP contribution is 1.42. The molecule has 0 aliphatic heterocycles. The molecule has 2 nitrogen and oxygen atoms in total. The summed E-state index contributed by atoms with van der Waals surface area (Å²) in [5.74, 6) is 0. The molecule has 0 bridgehead atoms. The zero-order valence-corrected chi connectivity index (χ0v) is 2.55. The Bertz CT molecular complexity index is 20.0. The van der Waals surface area contributed by atoms with Crippen LogP contribution in [0.2, 0.25) is 0 Å². The standard InChI is InChI=1S/FHN2S/c1-2-3-4/h(H,2,4). The third-order valence-electron chi connectivity index (χ3n) is 0.0345. The van der Waals surface area contributed by atoms with Gasteiger partial charge in [-0.15, -0.1) is 5.65 Å². The quantitative estimate of drug-likeness (QED) is 0.357. The molecule has 0 unspecified atom stereocenters. The van der Waals surface area contributed by atoms with Crippen LogP contribution in [0.15, 0.2) is 4.47 Å². The van der Waals surface area contributed by atoms with Gasteiger partial charge < -0.3 is 0 Å². The van der Waals surface area contributed by atoms with Crippen molar-refractivity contribution in [2.45, 2.75) is 0 Å². The Balaban J connectivity index is 2.30. The second kappa shape index (κ2) is 2.75. The number of nitrogens with zero attached hydrogens (tertiary/aromatic N) is 1. The predicted molar refractivity (Wildman–Crippen MR) is 14.0 cm³/mol. The van der Waals surface area contributed by atoms with Gasteiger partial charge in [0.05, 0.1) is 12.4 Å². The molecule has 4 heavy (non-hydrogen) atoms. The fraction of sp³-hybridized carbons (Fsp3) is 0. The summed E-state index contributed by atoms with van der Waals surface area (Å²) in [6.07, 6.45) is 0. The zero-order valence-electron chi connectivity index (χ0n) is 1.73. The molecule has 0 aliphatic carbocycles. The van der Waals surface area contributed by atoms with Gasteiger partial charge in [-0.1, -0.05) is 8.95 Å². The van der Waals surface area contributed by atoms with Crippen LogP contribution in [0.25, 0.3) is 0 Å². The van der Waals surface area contributed by atoms with Gasteiger partial charge in [0, 0.05) is 0 Å². The van der Waals surface area contributed by atoms with E-state index in [9.17, 15) is 4.48 Å². The van der Waals surface area contributed by atoms with Gasteiger partial charge in [0.2, 0.25) is 0 Å². The molecule has 0 aliphatic rings. The van der Waals surface area contributed by atoms with Crippen LogP contribution >= 0.6 is 0 Å². The van der Waals surface area contributed by atoms with Crippen LogP contribution in [0.4, 0.5) is 4.48 Å². The van der Waals surface area contributed by atoms with Gasteiger partial charge in [0.1, 0.15) is 0 Å². The van der Waals surface area contributed by atoms with E-state index >= 15 is 0 Å². The third kappa shape index (κ3) is 1.75. The molecule has 0 heterocycles. The Morgan fingerprint density at radius 3 is 2.25 bits per heavy atom. The predicted octanol–water partition coefficient (Wildman–Crippen LogP) is 0.106. The van der Waals surface area contributed by atoms with E-state index in [0.717, 1.165) is 5.65 Å². The Morgan fingerprint density at radius 2 is 2.25 bits per heavy atom. The van der Waals surface area contributed by atoms with Crippen LogP contribution in [0.3, 0.4) is 0 Å². The maximum atomic E-state index is 10.2. The summed E-state index contributed by atoms with van der Waals surface area (Å²) in [6.45, 7) is 0. The van der Waals surface area contributed by atoms with Crippen molar-refractivity contribution in [1.29, 1.82) is 0 Å². The first-order valence-corrected chi connectivity index (χ1v) is 0.960. The molecule has 24 valence electrons. The van der Waals surface area contributed by atoms with Gasteiger partial charge >= 0.3 is 0 Å². The largest absolute Gasteiger partial charge is 0.131 e. The van der Waals surface area contributed by atoms with Gasteiger partial charge in [0.15, 0.2) is 0 Å². The van der Waals surface area contributed by atoms with Crippen molar-refractivity contribution in [1.82, 2.24) is 5.65 Å². The summed E-state index contributed by atoms with van der Waals surface area (Å²) < 4.78 is 12.6. The monoisotopic (exact) mass is 80.0 g/mol. The molecule has 0 aromatic carbocycles. The maximum absolute atomic E-state index is 10.2. The zero-order chi connectivity index (χ0) is 3.41. The van der Waals surface area contributed by atoms with E-state index in [-0.39, 0.29) is 0 Å². The topological polar surface area (TPSA) is 24.4 Å². The summed E-state index contributed by atoms with van der Waals surface area (Å²) in [5.41, 5.74) is 0.870. The lowest BCUT2D eigenvalue weighted by atomic mass is 12.9. The first kappa shape index (κ1) is 3.75. The highest BCUT2D eigenvalue weighted by Gasteiger charge is 1.42. The van der Waals surface area contributed by atoms with Crippen LogP contribution in [0, 0.1) is 0 Å². The minimum atomic E-state index is 0.870. The minimum absolute atomic E-state index is 0.870. The van der Waals surface area contributed by atoms with Gasteiger partial charge in [-0.25, -0.2) is 0 Å². The van der Waals surface area contributed by atoms with Crippen LogP contribution < -0.4 is 5.65 Å². The highest BCUT2D eigenvalue weighted by atomic mass is 32.1. The molecule has 0 fully saturated rings. The lowest BCUT2D eigenvalue weighted by molar-refractivity contribution is 0.352. The molecule has 0 aromatic rings. The van der Waals surface area contributed by atoms with Crippen LogP contribution in [-0.2, 0) is 12.4 Å². The molecule has 0 radical (unpaired) electrons. The van der Waals surface area contributed by atoms with Gasteiger partial charge in [0.25, 0.3) is 0 Å². The van der Waals surface area contributed by atoms with E-state index in [4.69, 9.17) is 0 Å². The van der Waals surface area contributed by atoms with Crippen molar-refractivity contribution in [3.05, 3.63) is 0 Å². The first-order valence-electron chi connectivity index (χ1n) is 0.595. The summed E-state index contributed by atoms with van der Waals surface area (Å²) >= 11 is 3.69. The van der Waals surface area contributed by atoms with Crippen molar-refractivity contribution in [3.8, 4) is 0 Å². The van der Waals surface area contributed by atoms with Crippen molar-refractivity contribution in [3.63, 3.8) is 0 Å². The Morgan fingerprint density at radius 1 is 2.00 bits per heavy atom. The Kier molecular flexibility index (Phi) is 2.58. The van der Waals surface area contributed by atoms with E-state index in [0.29, 0.717) is 0 Å². The van der Waals surface area contributed by atoms with Gasteiger partial charge in [-0.3, -0.25) is 0 Å². The molecule has 4 heteroatoms. The lowest BCUT2D eigenvalue weighted by Crippen LogP contribution is -1.77. The summed E-state index contributed by atoms with van der Waals surface area (Å²) in [6, 6.07) is 0. The van der Waals surface area contributed by atoms with Gasteiger partial charge in [-0.05, 0) is 0 Å². The summed E-state index contributed by atoms with van der Waals surface area (Å²) in [5, 5.41) is 0. The minimum Gasteiger partial charge on any atom is -0.131 e. The third-order valence-corrected chi connectivity index (χ3v) is 0.104. The second-order valence-electron chi connectivity index (χ2n) is 0.176. The number of rotatable bonds is 1. The van der Waals surface area contributed by atoms with Crippen molar-refractivity contribution >= 4 is 12.4 Å². The average Bonchev–Trinajstić information content (AvgIpc) is 1.37. The normalized spacial score (nSPS) is 5.25. The highest BCUT2D eigenvalue weighted by molar-refractivity contribution is 7.47. The second-order valence-corrected chi connectivity index (χ2v) is 0.358. The van der Waals surface area contributed by atoms with Crippen molar-refractivity contribution in [2.75, 3.05) is 0 Å². The van der Waals surface area contributed by atoms with Crippen molar-refractivity contribution < 1.29 is 4.48 Å². The molecule has 0 atom stereocenters. The molecule has 0 saturated heterocycles. The number of nitrogens with one attached hydrogen (secondary N) is 1. The van der Waals surface area contributed by atoms with E-state index < -0.39 is 0 Å². The fourth-order valence-corrected chi connectivity index (χ4v) is 0. The summed E-state index contributed by atoms with van der Waals surface area (Å²) in [7, 11) is 0. The number of halogens is 1. The molecular formula is HFN2S. The van der Waals surface area contributed by atoms with Crippen molar-refractivity contribution in [2.24, 2.45) is 4.47 Å². The van der Waals surface area contributed by atoms with E-state index in [1.165, 1.54) is 0 Å². The number of hydrogen-bond donors (Lipinski definition) is 1. The number of hydrogen-bond acceptors (Lipinski definition) is 2. The average molecular weight is 80.1 g/mol. The molecule has 0 rings (SSSR count). The van der Waals surface area contributed by atoms with Crippen LogP contribution in [0.1, 0.15) is 0 Å². The maximum Gasteiger partial charge on any atom is 0.0653 e. The summed E-state index contributed by atoms with van der Waals surface area (Å²) in [4.78, 5) is 0. The van der Waals surface area contributed by atoms with Gasteiger partial charge in [-0.2, -0.15) is 0 Å². The molecule has 0 aromatic heterocycles. The Hall–Kier alpha value is -0.250. The van der Waals surface area contributed by atoms with E-state index in [2.05, 4.69) is 16.9 Å². The Labute approximate surface area is 28.1 Å².